The molecule has 5 nitrogen and oxygen atoms in total. The van der Waals surface area contributed by atoms with E-state index in [1.807, 2.05) is 30.3 Å². The second kappa shape index (κ2) is 9.65. The molecule has 2 saturated heterocycles. The molecule has 5 heteroatoms. The minimum Gasteiger partial charge on any atom is -0.496 e. The second-order valence-corrected chi connectivity index (χ2v) is 10.3. The van der Waals surface area contributed by atoms with Crippen LogP contribution < -0.4 is 0 Å². The van der Waals surface area contributed by atoms with Crippen LogP contribution in [0.4, 0.5) is 0 Å². The van der Waals surface area contributed by atoms with E-state index in [1.165, 1.54) is 18.4 Å². The average molecular weight is 459 g/mol. The molecule has 4 aliphatic rings. The van der Waals surface area contributed by atoms with Crippen molar-refractivity contribution in [2.24, 2.45) is 11.8 Å². The van der Waals surface area contributed by atoms with Gasteiger partial charge in [0.25, 0.3) is 0 Å². The minimum absolute atomic E-state index is 0.0577. The number of piperidine rings is 1. The van der Waals surface area contributed by atoms with Crippen molar-refractivity contribution in [2.45, 2.75) is 50.5 Å². The molecule has 2 aromatic rings. The Morgan fingerprint density at radius 2 is 1.62 bits per heavy atom. The molecule has 4 unspecified atom stereocenters. The van der Waals surface area contributed by atoms with Gasteiger partial charge in [0.05, 0.1) is 30.6 Å². The van der Waals surface area contributed by atoms with Gasteiger partial charge >= 0.3 is 0 Å². The lowest BCUT2D eigenvalue weighted by molar-refractivity contribution is -0.179. The molecule has 0 N–H and O–H groups in total. The van der Waals surface area contributed by atoms with Crippen molar-refractivity contribution in [3.8, 4) is 0 Å². The fraction of sp³-hybridized carbons (Fsp3) is 0.483. The number of Topliss-reactive ketones (excluding diaryl/α,β-unsaturated/α-hetero) is 1. The molecule has 0 aromatic heterocycles. The Bertz CT molecular complexity index is 1020. The SMILES string of the molecule is O=C1C(c2ccccc2)=COC2C1CCC1OCN(C3CCN(Cc4ccccc4)CC3)CC12. The summed E-state index contributed by atoms with van der Waals surface area (Å²) in [7, 11) is 0. The van der Waals surface area contributed by atoms with Crippen LogP contribution in [-0.2, 0) is 20.8 Å². The number of nitrogens with zero attached hydrogens (tertiary/aromatic N) is 2. The van der Waals surface area contributed by atoms with Gasteiger partial charge in [-0.15, -0.1) is 0 Å². The van der Waals surface area contributed by atoms with Crippen LogP contribution in [0.2, 0.25) is 0 Å². The van der Waals surface area contributed by atoms with Crippen molar-refractivity contribution in [1.82, 2.24) is 9.80 Å². The lowest BCUT2D eigenvalue weighted by Gasteiger charge is -2.50. The summed E-state index contributed by atoms with van der Waals surface area (Å²) in [6, 6.07) is 21.2. The summed E-state index contributed by atoms with van der Waals surface area (Å²) < 4.78 is 12.7. The van der Waals surface area contributed by atoms with E-state index in [0.29, 0.717) is 12.8 Å². The van der Waals surface area contributed by atoms with Gasteiger partial charge < -0.3 is 9.47 Å². The van der Waals surface area contributed by atoms with Crippen molar-refractivity contribution < 1.29 is 14.3 Å². The molecule has 0 amide bonds. The van der Waals surface area contributed by atoms with E-state index in [9.17, 15) is 4.79 Å². The van der Waals surface area contributed by atoms with Crippen LogP contribution in [0, 0.1) is 11.8 Å². The Labute approximate surface area is 202 Å². The third-order valence-corrected chi connectivity index (χ3v) is 8.31. The van der Waals surface area contributed by atoms with E-state index in [2.05, 4.69) is 40.1 Å². The van der Waals surface area contributed by atoms with E-state index in [-0.39, 0.29) is 29.8 Å². The van der Waals surface area contributed by atoms with Crippen LogP contribution in [0.3, 0.4) is 0 Å². The van der Waals surface area contributed by atoms with Crippen LogP contribution in [0.15, 0.2) is 66.9 Å². The predicted octanol–water partition coefficient (Wildman–Crippen LogP) is 4.34. The first-order valence-corrected chi connectivity index (χ1v) is 12.8. The number of ketones is 1. The van der Waals surface area contributed by atoms with Gasteiger partial charge in [-0.25, -0.2) is 0 Å². The Morgan fingerprint density at radius 3 is 2.38 bits per heavy atom. The summed E-state index contributed by atoms with van der Waals surface area (Å²) in [6.45, 7) is 4.95. The maximum Gasteiger partial charge on any atom is 0.173 e. The molecule has 4 atom stereocenters. The number of fused-ring (bicyclic) bond motifs is 3. The third-order valence-electron chi connectivity index (χ3n) is 8.31. The number of hydrogen-bond donors (Lipinski definition) is 0. The van der Waals surface area contributed by atoms with Crippen LogP contribution in [0.25, 0.3) is 5.57 Å². The molecular formula is C29H34N2O3. The summed E-state index contributed by atoms with van der Waals surface area (Å²) in [5, 5.41) is 0. The van der Waals surface area contributed by atoms with Gasteiger partial charge in [0.15, 0.2) is 5.78 Å². The van der Waals surface area contributed by atoms with Gasteiger partial charge in [-0.1, -0.05) is 60.7 Å². The Balaban J connectivity index is 1.10. The maximum atomic E-state index is 13.4. The fourth-order valence-corrected chi connectivity index (χ4v) is 6.42. The first-order chi connectivity index (χ1) is 16.8. The van der Waals surface area contributed by atoms with Crippen LogP contribution >= 0.6 is 0 Å². The highest BCUT2D eigenvalue weighted by Gasteiger charge is 2.49. The maximum absolute atomic E-state index is 13.4. The molecule has 0 spiro atoms. The van der Waals surface area contributed by atoms with Crippen molar-refractivity contribution in [1.29, 1.82) is 0 Å². The first kappa shape index (κ1) is 22.0. The molecule has 3 heterocycles. The summed E-state index contributed by atoms with van der Waals surface area (Å²) >= 11 is 0. The highest BCUT2D eigenvalue weighted by atomic mass is 16.5. The molecule has 6 rings (SSSR count). The highest BCUT2D eigenvalue weighted by Crippen LogP contribution is 2.42. The zero-order valence-electron chi connectivity index (χ0n) is 19.7. The number of likely N-dealkylation sites (tertiary alicyclic amines) is 1. The molecule has 0 bridgehead atoms. The molecule has 34 heavy (non-hydrogen) atoms. The Morgan fingerprint density at radius 1 is 0.882 bits per heavy atom. The molecular weight excluding hydrogens is 424 g/mol. The van der Waals surface area contributed by atoms with Gasteiger partial charge in [-0.3, -0.25) is 14.6 Å². The molecule has 3 aliphatic heterocycles. The summed E-state index contributed by atoms with van der Waals surface area (Å²) in [4.78, 5) is 18.5. The largest absolute Gasteiger partial charge is 0.496 e. The Kier molecular flexibility index (Phi) is 6.25. The molecule has 3 fully saturated rings. The zero-order valence-corrected chi connectivity index (χ0v) is 19.7. The lowest BCUT2D eigenvalue weighted by atomic mass is 9.71. The van der Waals surface area contributed by atoms with Crippen molar-refractivity contribution in [3.05, 3.63) is 78.1 Å². The minimum atomic E-state index is -0.0697. The predicted molar refractivity (Wildman–Crippen MR) is 132 cm³/mol. The van der Waals surface area contributed by atoms with E-state index in [1.54, 1.807) is 6.26 Å². The zero-order chi connectivity index (χ0) is 22.9. The van der Waals surface area contributed by atoms with Gasteiger partial charge in [0, 0.05) is 25.0 Å². The van der Waals surface area contributed by atoms with E-state index in [4.69, 9.17) is 9.47 Å². The molecule has 178 valence electrons. The monoisotopic (exact) mass is 458 g/mol. The van der Waals surface area contributed by atoms with E-state index >= 15 is 0 Å². The van der Waals surface area contributed by atoms with Gasteiger partial charge in [0.1, 0.15) is 6.10 Å². The summed E-state index contributed by atoms with van der Waals surface area (Å²) in [5.41, 5.74) is 3.07. The summed E-state index contributed by atoms with van der Waals surface area (Å²) in [5.74, 6) is 0.442. The first-order valence-electron chi connectivity index (χ1n) is 12.8. The van der Waals surface area contributed by atoms with Crippen LogP contribution in [0.1, 0.15) is 36.8 Å². The number of hydrogen-bond acceptors (Lipinski definition) is 5. The third kappa shape index (κ3) is 4.33. The number of rotatable bonds is 4. The number of ether oxygens (including phenoxy) is 2. The highest BCUT2D eigenvalue weighted by molar-refractivity contribution is 6.22. The van der Waals surface area contributed by atoms with Gasteiger partial charge in [-0.05, 0) is 49.9 Å². The topological polar surface area (TPSA) is 42.0 Å². The van der Waals surface area contributed by atoms with Crippen molar-refractivity contribution >= 4 is 11.4 Å². The van der Waals surface area contributed by atoms with Crippen LogP contribution in [0.5, 0.6) is 0 Å². The standard InChI is InChI=1S/C29H34N2O3/c32-28-24-11-12-27-25(29(24)33-19-26(28)22-9-5-2-6-10-22)18-31(20-34-27)23-13-15-30(16-14-23)17-21-7-3-1-4-8-21/h1-10,19,23-25,27,29H,11-18,20H2. The van der Waals surface area contributed by atoms with E-state index in [0.717, 1.165) is 50.2 Å². The van der Waals surface area contributed by atoms with Gasteiger partial charge in [-0.2, -0.15) is 0 Å². The van der Waals surface area contributed by atoms with Gasteiger partial charge in [0.2, 0.25) is 0 Å². The fourth-order valence-electron chi connectivity index (χ4n) is 6.42. The lowest BCUT2D eigenvalue weighted by Crippen LogP contribution is -2.59. The number of allylic oxidation sites excluding steroid dienone is 1. The molecule has 1 aliphatic carbocycles. The average Bonchev–Trinajstić information content (AvgIpc) is 2.90. The normalized spacial score (nSPS) is 30.7. The molecule has 1 saturated carbocycles. The van der Waals surface area contributed by atoms with Crippen molar-refractivity contribution in [2.75, 3.05) is 26.4 Å². The molecule has 2 aromatic carbocycles. The quantitative estimate of drug-likeness (QED) is 0.682. The van der Waals surface area contributed by atoms with Crippen LogP contribution in [-0.4, -0.2) is 60.2 Å². The number of benzene rings is 2. The smallest absolute Gasteiger partial charge is 0.173 e. The Hall–Kier alpha value is -2.47. The number of carbonyl (C=O) groups excluding carboxylic acids is 1. The number of carbonyl (C=O) groups is 1. The van der Waals surface area contributed by atoms with E-state index < -0.39 is 0 Å². The second-order valence-electron chi connectivity index (χ2n) is 10.3. The summed E-state index contributed by atoms with van der Waals surface area (Å²) in [6.07, 6.45) is 6.00. The molecule has 0 radical (unpaired) electrons. The van der Waals surface area contributed by atoms with Crippen molar-refractivity contribution in [3.63, 3.8) is 0 Å².